The Labute approximate surface area is 86.8 Å². The van der Waals surface area contributed by atoms with Crippen LogP contribution in [0.15, 0.2) is 28.7 Å². The molecule has 1 aromatic heterocycles. The highest BCUT2D eigenvalue weighted by Crippen LogP contribution is 2.22. The topological polar surface area (TPSA) is 51.5 Å². The van der Waals surface area contributed by atoms with Crippen LogP contribution < -0.4 is 5.32 Å². The molecule has 1 heterocycles. The number of methoxy groups -OCH3 is 1. The second-order valence-corrected chi connectivity index (χ2v) is 3.23. The van der Waals surface area contributed by atoms with Gasteiger partial charge in [0.1, 0.15) is 11.3 Å². The van der Waals surface area contributed by atoms with E-state index >= 15 is 0 Å². The molecule has 4 nitrogen and oxygen atoms in total. The second-order valence-electron chi connectivity index (χ2n) is 3.23. The third-order valence-electron chi connectivity index (χ3n) is 2.07. The first kappa shape index (κ1) is 9.58. The number of anilines is 1. The molecule has 0 aliphatic carbocycles. The monoisotopic (exact) mass is 205 g/mol. The quantitative estimate of drug-likeness (QED) is 0.778. The Hall–Kier alpha value is -1.97. The van der Waals surface area contributed by atoms with Crippen molar-refractivity contribution in [3.8, 4) is 0 Å². The SMILES string of the molecule is COC(=O)Nc1ccc2oc(C)cc2c1. The number of carbonyl (C=O) groups excluding carboxylic acids is 1. The third kappa shape index (κ3) is 1.93. The van der Waals surface area contributed by atoms with Gasteiger partial charge in [-0.3, -0.25) is 5.32 Å². The van der Waals surface area contributed by atoms with Crippen LogP contribution >= 0.6 is 0 Å². The minimum Gasteiger partial charge on any atom is -0.461 e. The molecule has 0 aliphatic rings. The van der Waals surface area contributed by atoms with Crippen molar-refractivity contribution in [1.29, 1.82) is 0 Å². The van der Waals surface area contributed by atoms with Gasteiger partial charge in [-0.15, -0.1) is 0 Å². The van der Waals surface area contributed by atoms with Crippen LogP contribution in [0.25, 0.3) is 11.0 Å². The number of benzene rings is 1. The standard InChI is InChI=1S/C11H11NO3/c1-7-5-8-6-9(12-11(13)14-2)3-4-10(8)15-7/h3-6H,1-2H3,(H,12,13). The van der Waals surface area contributed by atoms with Gasteiger partial charge >= 0.3 is 6.09 Å². The zero-order valence-corrected chi connectivity index (χ0v) is 8.53. The summed E-state index contributed by atoms with van der Waals surface area (Å²) in [5.74, 6) is 0.847. The lowest BCUT2D eigenvalue weighted by atomic mass is 10.2. The fourth-order valence-electron chi connectivity index (χ4n) is 1.42. The molecule has 0 aliphatic heterocycles. The highest BCUT2D eigenvalue weighted by Gasteiger charge is 2.04. The van der Waals surface area contributed by atoms with Crippen LogP contribution in [-0.2, 0) is 4.74 Å². The largest absolute Gasteiger partial charge is 0.461 e. The summed E-state index contributed by atoms with van der Waals surface area (Å²) in [5, 5.41) is 3.55. The van der Waals surface area contributed by atoms with E-state index in [1.165, 1.54) is 7.11 Å². The van der Waals surface area contributed by atoms with Gasteiger partial charge < -0.3 is 9.15 Å². The van der Waals surface area contributed by atoms with E-state index in [0.29, 0.717) is 5.69 Å². The molecule has 0 spiro atoms. The lowest BCUT2D eigenvalue weighted by molar-refractivity contribution is 0.187. The predicted octanol–water partition coefficient (Wildman–Crippen LogP) is 2.92. The van der Waals surface area contributed by atoms with E-state index in [-0.39, 0.29) is 0 Å². The zero-order valence-electron chi connectivity index (χ0n) is 8.53. The van der Waals surface area contributed by atoms with Gasteiger partial charge in [0.15, 0.2) is 0 Å². The Balaban J connectivity index is 2.33. The van der Waals surface area contributed by atoms with Crippen LogP contribution in [0, 0.1) is 6.92 Å². The number of hydrogen-bond donors (Lipinski definition) is 1. The number of hydrogen-bond acceptors (Lipinski definition) is 3. The van der Waals surface area contributed by atoms with Crippen molar-refractivity contribution in [1.82, 2.24) is 0 Å². The number of aryl methyl sites for hydroxylation is 1. The maximum atomic E-state index is 11.0. The molecule has 1 N–H and O–H groups in total. The minimum absolute atomic E-state index is 0.477. The first-order valence-corrected chi connectivity index (χ1v) is 4.54. The van der Waals surface area contributed by atoms with Crippen molar-refractivity contribution < 1.29 is 13.9 Å². The normalized spacial score (nSPS) is 10.3. The molecule has 15 heavy (non-hydrogen) atoms. The Morgan fingerprint density at radius 1 is 1.40 bits per heavy atom. The molecule has 0 saturated heterocycles. The van der Waals surface area contributed by atoms with Crippen LogP contribution in [0.2, 0.25) is 0 Å². The summed E-state index contributed by atoms with van der Waals surface area (Å²) < 4.78 is 9.91. The average Bonchev–Trinajstić information content (AvgIpc) is 2.57. The summed E-state index contributed by atoms with van der Waals surface area (Å²) in [6.45, 7) is 1.88. The number of carbonyl (C=O) groups is 1. The fourth-order valence-corrected chi connectivity index (χ4v) is 1.42. The van der Waals surface area contributed by atoms with Crippen LogP contribution in [0.1, 0.15) is 5.76 Å². The molecule has 0 radical (unpaired) electrons. The molecular weight excluding hydrogens is 194 g/mol. The van der Waals surface area contributed by atoms with E-state index in [1.807, 2.05) is 25.1 Å². The Bertz CT molecular complexity index is 502. The third-order valence-corrected chi connectivity index (χ3v) is 2.07. The smallest absolute Gasteiger partial charge is 0.411 e. The lowest BCUT2D eigenvalue weighted by Crippen LogP contribution is -2.10. The van der Waals surface area contributed by atoms with E-state index in [4.69, 9.17) is 4.42 Å². The number of amides is 1. The Morgan fingerprint density at radius 3 is 2.93 bits per heavy atom. The molecule has 1 aromatic carbocycles. The van der Waals surface area contributed by atoms with Gasteiger partial charge in [0, 0.05) is 11.1 Å². The molecule has 1 amide bonds. The van der Waals surface area contributed by atoms with Crippen LogP contribution in [0.5, 0.6) is 0 Å². The second kappa shape index (κ2) is 3.65. The van der Waals surface area contributed by atoms with Crippen LogP contribution in [0.3, 0.4) is 0 Å². The van der Waals surface area contributed by atoms with E-state index in [1.54, 1.807) is 6.07 Å². The van der Waals surface area contributed by atoms with Gasteiger partial charge in [0.2, 0.25) is 0 Å². The van der Waals surface area contributed by atoms with Crippen molar-refractivity contribution in [2.45, 2.75) is 6.92 Å². The molecule has 78 valence electrons. The minimum atomic E-state index is -0.477. The highest BCUT2D eigenvalue weighted by atomic mass is 16.5. The maximum absolute atomic E-state index is 11.0. The highest BCUT2D eigenvalue weighted by molar-refractivity contribution is 5.89. The Morgan fingerprint density at radius 2 is 2.20 bits per heavy atom. The number of rotatable bonds is 1. The van der Waals surface area contributed by atoms with E-state index in [9.17, 15) is 4.79 Å². The zero-order chi connectivity index (χ0) is 10.8. The molecule has 0 fully saturated rings. The summed E-state index contributed by atoms with van der Waals surface area (Å²) in [5.41, 5.74) is 1.50. The van der Waals surface area contributed by atoms with E-state index < -0.39 is 6.09 Å². The van der Waals surface area contributed by atoms with Gasteiger partial charge in [-0.05, 0) is 31.2 Å². The summed E-state index contributed by atoms with van der Waals surface area (Å²) in [7, 11) is 1.33. The fraction of sp³-hybridized carbons (Fsp3) is 0.182. The molecule has 0 saturated carbocycles. The predicted molar refractivity (Wildman–Crippen MR) is 57.0 cm³/mol. The number of fused-ring (bicyclic) bond motifs is 1. The molecule has 2 aromatic rings. The van der Waals surface area contributed by atoms with Gasteiger partial charge in [-0.1, -0.05) is 0 Å². The first-order valence-electron chi connectivity index (χ1n) is 4.54. The molecule has 2 rings (SSSR count). The van der Waals surface area contributed by atoms with Crippen LogP contribution in [-0.4, -0.2) is 13.2 Å². The number of nitrogens with one attached hydrogen (secondary N) is 1. The number of furan rings is 1. The van der Waals surface area contributed by atoms with Gasteiger partial charge in [-0.2, -0.15) is 0 Å². The van der Waals surface area contributed by atoms with Gasteiger partial charge in [0.05, 0.1) is 7.11 Å². The molecule has 0 unspecified atom stereocenters. The number of ether oxygens (including phenoxy) is 1. The van der Waals surface area contributed by atoms with Crippen molar-refractivity contribution in [2.75, 3.05) is 12.4 Å². The van der Waals surface area contributed by atoms with Gasteiger partial charge in [-0.25, -0.2) is 4.79 Å². The summed E-state index contributed by atoms with van der Waals surface area (Å²) in [6, 6.07) is 7.33. The van der Waals surface area contributed by atoms with Crippen molar-refractivity contribution in [3.05, 3.63) is 30.0 Å². The first-order chi connectivity index (χ1) is 7.19. The summed E-state index contributed by atoms with van der Waals surface area (Å²) >= 11 is 0. The average molecular weight is 205 g/mol. The molecule has 0 bridgehead atoms. The molecule has 4 heteroatoms. The summed E-state index contributed by atoms with van der Waals surface area (Å²) in [4.78, 5) is 11.0. The van der Waals surface area contributed by atoms with E-state index in [0.717, 1.165) is 16.7 Å². The molecular formula is C11H11NO3. The van der Waals surface area contributed by atoms with E-state index in [2.05, 4.69) is 10.1 Å². The lowest BCUT2D eigenvalue weighted by Gasteiger charge is -2.02. The van der Waals surface area contributed by atoms with Crippen molar-refractivity contribution >= 4 is 22.7 Å². The van der Waals surface area contributed by atoms with Crippen molar-refractivity contribution in [2.24, 2.45) is 0 Å². The van der Waals surface area contributed by atoms with Gasteiger partial charge in [0.25, 0.3) is 0 Å². The molecule has 0 atom stereocenters. The Kier molecular flexibility index (Phi) is 2.33. The van der Waals surface area contributed by atoms with Crippen molar-refractivity contribution in [3.63, 3.8) is 0 Å². The van der Waals surface area contributed by atoms with Crippen LogP contribution in [0.4, 0.5) is 10.5 Å². The maximum Gasteiger partial charge on any atom is 0.411 e. The summed E-state index contributed by atoms with van der Waals surface area (Å²) in [6.07, 6.45) is -0.477.